The molecular weight excluding hydrogens is 277 g/mol. The lowest BCUT2D eigenvalue weighted by Gasteiger charge is -2.07. The predicted molar refractivity (Wildman–Crippen MR) is 64.4 cm³/mol. The number of benzene rings is 1. The normalized spacial score (nSPS) is 11.1. The van der Waals surface area contributed by atoms with Crippen molar-refractivity contribution >= 4 is 11.6 Å². The van der Waals surface area contributed by atoms with Crippen molar-refractivity contribution in [3.8, 4) is 17.2 Å². The van der Waals surface area contributed by atoms with E-state index in [4.69, 9.17) is 16.9 Å². The number of alkyl halides is 3. The van der Waals surface area contributed by atoms with E-state index in [1.807, 2.05) is 6.07 Å². The van der Waals surface area contributed by atoms with Crippen molar-refractivity contribution in [3.63, 3.8) is 0 Å². The van der Waals surface area contributed by atoms with Crippen LogP contribution in [0.25, 0.3) is 11.1 Å². The van der Waals surface area contributed by atoms with Gasteiger partial charge in [0.1, 0.15) is 5.69 Å². The molecule has 0 aliphatic carbocycles. The zero-order chi connectivity index (χ0) is 14.0. The average Bonchev–Trinajstić information content (AvgIpc) is 2.37. The Morgan fingerprint density at radius 1 is 1.11 bits per heavy atom. The fraction of sp³-hybridized carbons (Fsp3) is 0.0769. The van der Waals surface area contributed by atoms with E-state index in [9.17, 15) is 13.2 Å². The number of aromatic nitrogens is 1. The third kappa shape index (κ3) is 3.04. The average molecular weight is 283 g/mol. The van der Waals surface area contributed by atoms with Crippen molar-refractivity contribution in [3.05, 3.63) is 52.8 Å². The fourth-order valence-corrected chi connectivity index (χ4v) is 1.79. The quantitative estimate of drug-likeness (QED) is 0.782. The number of rotatable bonds is 1. The molecule has 0 aliphatic heterocycles. The van der Waals surface area contributed by atoms with Crippen LogP contribution in [0.4, 0.5) is 13.2 Å². The Hall–Kier alpha value is -2.06. The van der Waals surface area contributed by atoms with Gasteiger partial charge < -0.3 is 0 Å². The molecule has 1 heterocycles. The second-order valence-corrected chi connectivity index (χ2v) is 4.21. The zero-order valence-corrected chi connectivity index (χ0v) is 10.1. The van der Waals surface area contributed by atoms with Gasteiger partial charge >= 0.3 is 6.18 Å². The molecule has 1 aromatic carbocycles. The Morgan fingerprint density at radius 2 is 1.84 bits per heavy atom. The summed E-state index contributed by atoms with van der Waals surface area (Å²) < 4.78 is 37.1. The molecule has 6 heteroatoms. The van der Waals surface area contributed by atoms with Gasteiger partial charge in [-0.2, -0.15) is 18.4 Å². The lowest BCUT2D eigenvalue weighted by atomic mass is 10.0. The molecule has 0 amide bonds. The Morgan fingerprint density at radius 3 is 2.37 bits per heavy atom. The summed E-state index contributed by atoms with van der Waals surface area (Å²) in [5, 5.41) is 9.15. The maximum Gasteiger partial charge on any atom is 0.433 e. The Balaban J connectivity index is 2.43. The third-order valence-corrected chi connectivity index (χ3v) is 2.63. The van der Waals surface area contributed by atoms with Crippen LogP contribution in [-0.4, -0.2) is 4.98 Å². The summed E-state index contributed by atoms with van der Waals surface area (Å²) in [5.41, 5.74) is 0.387. The van der Waals surface area contributed by atoms with E-state index < -0.39 is 11.9 Å². The Labute approximate surface area is 112 Å². The van der Waals surface area contributed by atoms with Gasteiger partial charge in [0.2, 0.25) is 0 Å². The van der Waals surface area contributed by atoms with Crippen LogP contribution in [0.5, 0.6) is 0 Å². The van der Waals surface area contributed by atoms with E-state index in [1.54, 1.807) is 6.07 Å². The Kier molecular flexibility index (Phi) is 3.45. The Bertz CT molecular complexity index is 642. The zero-order valence-electron chi connectivity index (χ0n) is 9.37. The summed E-state index contributed by atoms with van der Waals surface area (Å²) in [5.74, 6) is 0. The SMILES string of the molecule is N#Cc1cc(Cl)cc(-c2ccc(C(F)(F)F)nc2)c1. The van der Waals surface area contributed by atoms with Crippen molar-refractivity contribution in [1.29, 1.82) is 5.26 Å². The second-order valence-electron chi connectivity index (χ2n) is 3.77. The predicted octanol–water partition coefficient (Wildman–Crippen LogP) is 4.29. The van der Waals surface area contributed by atoms with E-state index in [0.717, 1.165) is 12.3 Å². The summed E-state index contributed by atoms with van der Waals surface area (Å²) in [4.78, 5) is 3.36. The minimum absolute atomic E-state index is 0.336. The minimum atomic E-state index is -4.47. The highest BCUT2D eigenvalue weighted by Crippen LogP contribution is 2.30. The first kappa shape index (κ1) is 13.4. The lowest BCUT2D eigenvalue weighted by molar-refractivity contribution is -0.141. The number of halogens is 4. The molecule has 2 rings (SSSR count). The maximum absolute atomic E-state index is 12.4. The first-order chi connectivity index (χ1) is 8.90. The van der Waals surface area contributed by atoms with Crippen LogP contribution in [-0.2, 0) is 6.18 Å². The molecule has 0 N–H and O–H groups in total. The van der Waals surface area contributed by atoms with Gasteiger partial charge in [-0.1, -0.05) is 17.7 Å². The van der Waals surface area contributed by atoms with Crippen molar-refractivity contribution < 1.29 is 13.2 Å². The number of hydrogen-bond donors (Lipinski definition) is 0. The summed E-state index contributed by atoms with van der Waals surface area (Å²) in [6.07, 6.45) is -3.36. The molecule has 2 nitrogen and oxygen atoms in total. The molecule has 1 aromatic heterocycles. The summed E-state index contributed by atoms with van der Waals surface area (Å²) in [6.45, 7) is 0. The van der Waals surface area contributed by atoms with E-state index in [2.05, 4.69) is 4.98 Å². The van der Waals surface area contributed by atoms with E-state index in [-0.39, 0.29) is 0 Å². The minimum Gasteiger partial charge on any atom is -0.251 e. The molecule has 0 unspecified atom stereocenters. The molecule has 2 aromatic rings. The van der Waals surface area contributed by atoms with E-state index >= 15 is 0 Å². The molecule has 96 valence electrons. The molecular formula is C13H6ClF3N2. The van der Waals surface area contributed by atoms with E-state index in [0.29, 0.717) is 21.7 Å². The highest BCUT2D eigenvalue weighted by atomic mass is 35.5. The summed E-state index contributed by atoms with van der Waals surface area (Å²) >= 11 is 5.83. The van der Waals surface area contributed by atoms with Gasteiger partial charge in [-0.05, 0) is 29.8 Å². The van der Waals surface area contributed by atoms with Crippen LogP contribution in [0, 0.1) is 11.3 Å². The summed E-state index contributed by atoms with van der Waals surface area (Å²) in [7, 11) is 0. The summed E-state index contributed by atoms with van der Waals surface area (Å²) in [6, 6.07) is 8.69. The van der Waals surface area contributed by atoms with Gasteiger partial charge in [0.15, 0.2) is 0 Å². The van der Waals surface area contributed by atoms with Gasteiger partial charge in [-0.25, -0.2) is 0 Å². The molecule has 0 aliphatic rings. The van der Waals surface area contributed by atoms with Crippen molar-refractivity contribution in [2.24, 2.45) is 0 Å². The maximum atomic E-state index is 12.4. The smallest absolute Gasteiger partial charge is 0.251 e. The van der Waals surface area contributed by atoms with Crippen LogP contribution in [0.2, 0.25) is 5.02 Å². The van der Waals surface area contributed by atoms with Gasteiger partial charge in [0.25, 0.3) is 0 Å². The first-order valence-corrected chi connectivity index (χ1v) is 5.52. The van der Waals surface area contributed by atoms with Crippen LogP contribution < -0.4 is 0 Å². The highest BCUT2D eigenvalue weighted by Gasteiger charge is 2.32. The standard InChI is InChI=1S/C13H6ClF3N2/c14-11-4-8(6-18)3-10(5-11)9-1-2-12(19-7-9)13(15,16)17/h1-5,7H. The molecule has 0 saturated heterocycles. The number of pyridine rings is 1. The number of nitrogens with zero attached hydrogens (tertiary/aromatic N) is 2. The largest absolute Gasteiger partial charge is 0.433 e. The molecule has 0 radical (unpaired) electrons. The van der Waals surface area contributed by atoms with Crippen LogP contribution in [0.15, 0.2) is 36.5 Å². The van der Waals surface area contributed by atoms with Crippen LogP contribution in [0.1, 0.15) is 11.3 Å². The van der Waals surface area contributed by atoms with E-state index in [1.165, 1.54) is 18.2 Å². The molecule has 0 atom stereocenters. The highest BCUT2D eigenvalue weighted by molar-refractivity contribution is 6.31. The molecule has 19 heavy (non-hydrogen) atoms. The van der Waals surface area contributed by atoms with Gasteiger partial charge in [0, 0.05) is 16.8 Å². The van der Waals surface area contributed by atoms with Gasteiger partial charge in [-0.3, -0.25) is 4.98 Å². The van der Waals surface area contributed by atoms with Gasteiger partial charge in [0.05, 0.1) is 11.6 Å². The molecule has 0 bridgehead atoms. The second kappa shape index (κ2) is 4.90. The van der Waals surface area contributed by atoms with Crippen LogP contribution in [0.3, 0.4) is 0 Å². The van der Waals surface area contributed by atoms with Gasteiger partial charge in [-0.15, -0.1) is 0 Å². The molecule has 0 spiro atoms. The molecule has 0 saturated carbocycles. The fourth-order valence-electron chi connectivity index (χ4n) is 1.55. The van der Waals surface area contributed by atoms with Crippen molar-refractivity contribution in [2.45, 2.75) is 6.18 Å². The molecule has 0 fully saturated rings. The number of nitriles is 1. The number of hydrogen-bond acceptors (Lipinski definition) is 2. The first-order valence-electron chi connectivity index (χ1n) is 5.14. The van der Waals surface area contributed by atoms with Crippen molar-refractivity contribution in [1.82, 2.24) is 4.98 Å². The lowest BCUT2D eigenvalue weighted by Crippen LogP contribution is -2.07. The van der Waals surface area contributed by atoms with Crippen molar-refractivity contribution in [2.75, 3.05) is 0 Å². The third-order valence-electron chi connectivity index (χ3n) is 2.41. The topological polar surface area (TPSA) is 36.7 Å². The monoisotopic (exact) mass is 282 g/mol. The van der Waals surface area contributed by atoms with Crippen LogP contribution >= 0.6 is 11.6 Å².